The second-order valence-electron chi connectivity index (χ2n) is 6.35. The molecule has 0 aliphatic heterocycles. The standard InChI is InChI=1S/C20H16ClN5O3/c1-25-11-17(15-7-8-22-20(29-2)18(15)25)16-9-14(26(27)28)10-23-19(16)24-13-5-3-12(21)4-6-13/h3-11H,1-2H3,(H,23,24). The number of benzene rings is 1. The molecule has 8 nitrogen and oxygen atoms in total. The van der Waals surface area contributed by atoms with E-state index in [0.29, 0.717) is 22.3 Å². The summed E-state index contributed by atoms with van der Waals surface area (Å²) in [6, 6.07) is 10.5. The van der Waals surface area contributed by atoms with Crippen LogP contribution in [-0.4, -0.2) is 26.6 Å². The van der Waals surface area contributed by atoms with Crippen molar-refractivity contribution in [1.82, 2.24) is 14.5 Å². The summed E-state index contributed by atoms with van der Waals surface area (Å²) < 4.78 is 7.25. The Labute approximate surface area is 170 Å². The summed E-state index contributed by atoms with van der Waals surface area (Å²) >= 11 is 5.96. The number of anilines is 2. The number of methoxy groups -OCH3 is 1. The van der Waals surface area contributed by atoms with E-state index in [1.54, 1.807) is 25.4 Å². The molecule has 4 aromatic rings. The number of nitrogens with zero attached hydrogens (tertiary/aromatic N) is 4. The molecule has 146 valence electrons. The van der Waals surface area contributed by atoms with Gasteiger partial charge in [0.2, 0.25) is 5.88 Å². The van der Waals surface area contributed by atoms with Gasteiger partial charge in [-0.2, -0.15) is 0 Å². The molecule has 4 rings (SSSR count). The van der Waals surface area contributed by atoms with Gasteiger partial charge in [-0.05, 0) is 30.3 Å². The Bertz CT molecular complexity index is 1220. The summed E-state index contributed by atoms with van der Waals surface area (Å²) in [4.78, 5) is 19.4. The molecule has 9 heteroatoms. The first-order valence-corrected chi connectivity index (χ1v) is 9.01. The largest absolute Gasteiger partial charge is 0.479 e. The van der Waals surface area contributed by atoms with E-state index in [1.807, 2.05) is 36.0 Å². The van der Waals surface area contributed by atoms with Gasteiger partial charge in [0.1, 0.15) is 17.5 Å². The van der Waals surface area contributed by atoms with E-state index in [1.165, 1.54) is 12.3 Å². The highest BCUT2D eigenvalue weighted by molar-refractivity contribution is 6.30. The normalized spacial score (nSPS) is 10.9. The fraction of sp³-hybridized carbons (Fsp3) is 0.100. The first-order chi connectivity index (χ1) is 14.0. The topological polar surface area (TPSA) is 95.1 Å². The van der Waals surface area contributed by atoms with Crippen LogP contribution in [0.25, 0.3) is 22.0 Å². The van der Waals surface area contributed by atoms with Crippen molar-refractivity contribution in [3.8, 4) is 17.0 Å². The van der Waals surface area contributed by atoms with Crippen LogP contribution >= 0.6 is 11.6 Å². The molecular formula is C20H16ClN5O3. The van der Waals surface area contributed by atoms with Gasteiger partial charge in [0, 0.05) is 52.7 Å². The average Bonchev–Trinajstić information content (AvgIpc) is 3.06. The third kappa shape index (κ3) is 3.45. The maximum absolute atomic E-state index is 11.4. The van der Waals surface area contributed by atoms with Gasteiger partial charge in [-0.15, -0.1) is 0 Å². The lowest BCUT2D eigenvalue weighted by Gasteiger charge is -2.11. The number of nitro groups is 1. The van der Waals surface area contributed by atoms with Crippen molar-refractivity contribution in [3.05, 3.63) is 70.1 Å². The summed E-state index contributed by atoms with van der Waals surface area (Å²) in [6.45, 7) is 0. The smallest absolute Gasteiger partial charge is 0.288 e. The predicted molar refractivity (Wildman–Crippen MR) is 112 cm³/mol. The molecule has 0 aliphatic carbocycles. The van der Waals surface area contributed by atoms with E-state index >= 15 is 0 Å². The molecule has 0 fully saturated rings. The number of hydrogen-bond donors (Lipinski definition) is 1. The Balaban J connectivity index is 1.92. The van der Waals surface area contributed by atoms with Gasteiger partial charge in [-0.25, -0.2) is 9.97 Å². The molecule has 0 amide bonds. The number of hydrogen-bond acceptors (Lipinski definition) is 6. The fourth-order valence-corrected chi connectivity index (χ4v) is 3.34. The quantitative estimate of drug-likeness (QED) is 0.370. The van der Waals surface area contributed by atoms with Crippen LogP contribution in [0.15, 0.2) is 55.0 Å². The van der Waals surface area contributed by atoms with Crippen molar-refractivity contribution in [1.29, 1.82) is 0 Å². The second kappa shape index (κ2) is 7.40. The summed E-state index contributed by atoms with van der Waals surface area (Å²) in [5, 5.41) is 16.0. The fourth-order valence-electron chi connectivity index (χ4n) is 3.21. The van der Waals surface area contributed by atoms with Gasteiger partial charge in [-0.3, -0.25) is 10.1 Å². The Morgan fingerprint density at radius 2 is 1.93 bits per heavy atom. The third-order valence-electron chi connectivity index (χ3n) is 4.53. The van der Waals surface area contributed by atoms with Gasteiger partial charge < -0.3 is 14.6 Å². The molecule has 0 radical (unpaired) electrons. The van der Waals surface area contributed by atoms with Crippen molar-refractivity contribution >= 4 is 39.7 Å². The van der Waals surface area contributed by atoms with E-state index < -0.39 is 4.92 Å². The Morgan fingerprint density at radius 1 is 1.17 bits per heavy atom. The minimum absolute atomic E-state index is 0.0975. The Hall–Kier alpha value is -3.65. The SMILES string of the molecule is COc1nccc2c(-c3cc([N+](=O)[O-])cnc3Nc3ccc(Cl)cc3)cn(C)c12. The lowest BCUT2D eigenvalue weighted by atomic mass is 10.1. The first-order valence-electron chi connectivity index (χ1n) is 8.63. The van der Waals surface area contributed by atoms with Crippen LogP contribution in [0, 0.1) is 10.1 Å². The summed E-state index contributed by atoms with van der Waals surface area (Å²) in [6.07, 6.45) is 4.75. The van der Waals surface area contributed by atoms with Gasteiger partial charge in [0.25, 0.3) is 5.69 Å². The minimum atomic E-state index is -0.462. The molecule has 1 N–H and O–H groups in total. The zero-order valence-electron chi connectivity index (χ0n) is 15.6. The molecular weight excluding hydrogens is 394 g/mol. The number of fused-ring (bicyclic) bond motifs is 1. The van der Waals surface area contributed by atoms with Crippen molar-refractivity contribution in [2.24, 2.45) is 7.05 Å². The van der Waals surface area contributed by atoms with Gasteiger partial charge in [0.15, 0.2) is 0 Å². The number of ether oxygens (including phenoxy) is 1. The van der Waals surface area contributed by atoms with Gasteiger partial charge in [0.05, 0.1) is 12.0 Å². The molecule has 3 aromatic heterocycles. The van der Waals surface area contributed by atoms with Crippen LogP contribution in [0.4, 0.5) is 17.2 Å². The average molecular weight is 410 g/mol. The van der Waals surface area contributed by atoms with Crippen molar-refractivity contribution in [2.45, 2.75) is 0 Å². The number of aromatic nitrogens is 3. The van der Waals surface area contributed by atoms with Gasteiger partial charge >= 0.3 is 0 Å². The van der Waals surface area contributed by atoms with Crippen LogP contribution in [0.3, 0.4) is 0 Å². The molecule has 29 heavy (non-hydrogen) atoms. The van der Waals surface area contributed by atoms with E-state index in [9.17, 15) is 10.1 Å². The highest BCUT2D eigenvalue weighted by Crippen LogP contribution is 2.38. The van der Waals surface area contributed by atoms with Crippen molar-refractivity contribution in [2.75, 3.05) is 12.4 Å². The molecule has 0 atom stereocenters. The third-order valence-corrected chi connectivity index (χ3v) is 4.78. The molecule has 0 saturated carbocycles. The number of nitrogens with one attached hydrogen (secondary N) is 1. The first kappa shape index (κ1) is 18.7. The maximum atomic E-state index is 11.4. The van der Waals surface area contributed by atoms with Crippen LogP contribution in [0.1, 0.15) is 0 Å². The Morgan fingerprint density at radius 3 is 2.62 bits per heavy atom. The highest BCUT2D eigenvalue weighted by atomic mass is 35.5. The van der Waals surface area contributed by atoms with Crippen molar-refractivity contribution < 1.29 is 9.66 Å². The molecule has 0 aliphatic rings. The number of aryl methyl sites for hydroxylation is 1. The van der Waals surface area contributed by atoms with E-state index in [-0.39, 0.29) is 5.69 Å². The number of pyridine rings is 2. The van der Waals surface area contributed by atoms with Gasteiger partial charge in [-0.1, -0.05) is 11.6 Å². The monoisotopic (exact) mass is 409 g/mol. The molecule has 0 saturated heterocycles. The summed E-state index contributed by atoms with van der Waals surface area (Å²) in [5.41, 5.74) is 2.81. The number of halogens is 1. The van der Waals surface area contributed by atoms with Crippen LogP contribution < -0.4 is 10.1 Å². The summed E-state index contributed by atoms with van der Waals surface area (Å²) in [7, 11) is 3.42. The number of rotatable bonds is 5. The zero-order chi connectivity index (χ0) is 20.5. The highest BCUT2D eigenvalue weighted by Gasteiger charge is 2.20. The van der Waals surface area contributed by atoms with E-state index in [2.05, 4.69) is 15.3 Å². The van der Waals surface area contributed by atoms with Crippen molar-refractivity contribution in [3.63, 3.8) is 0 Å². The van der Waals surface area contributed by atoms with Crippen LogP contribution in [0.2, 0.25) is 5.02 Å². The Kier molecular flexibility index (Phi) is 4.77. The lowest BCUT2D eigenvalue weighted by molar-refractivity contribution is -0.385. The van der Waals surface area contributed by atoms with Crippen LogP contribution in [-0.2, 0) is 7.05 Å². The summed E-state index contributed by atoms with van der Waals surface area (Å²) in [5.74, 6) is 0.961. The second-order valence-corrected chi connectivity index (χ2v) is 6.79. The molecule has 0 bridgehead atoms. The van der Waals surface area contributed by atoms with E-state index in [0.717, 1.165) is 22.2 Å². The molecule has 1 aromatic carbocycles. The lowest BCUT2D eigenvalue weighted by Crippen LogP contribution is -1.98. The van der Waals surface area contributed by atoms with E-state index in [4.69, 9.17) is 16.3 Å². The zero-order valence-corrected chi connectivity index (χ0v) is 16.3. The minimum Gasteiger partial charge on any atom is -0.479 e. The molecule has 3 heterocycles. The molecule has 0 spiro atoms. The van der Waals surface area contributed by atoms with Crippen LogP contribution in [0.5, 0.6) is 5.88 Å². The molecule has 0 unspecified atom stereocenters. The predicted octanol–water partition coefficient (Wildman–Crippen LogP) is 4.95. The maximum Gasteiger partial charge on any atom is 0.288 e.